The number of hydrogen-bond donors (Lipinski definition) is 0. The van der Waals surface area contributed by atoms with E-state index >= 15 is 0 Å². The Bertz CT molecular complexity index is 344. The lowest BCUT2D eigenvalue weighted by atomic mass is 10.1. The van der Waals surface area contributed by atoms with Crippen molar-refractivity contribution in [3.8, 4) is 0 Å². The van der Waals surface area contributed by atoms with E-state index in [4.69, 9.17) is 11.6 Å². The third-order valence-corrected chi connectivity index (χ3v) is 1.90. The first kappa shape index (κ1) is 14.0. The average molecular weight is 246 g/mol. The summed E-state index contributed by atoms with van der Waals surface area (Å²) in [6.07, 6.45) is 3.25. The van der Waals surface area contributed by atoms with Crippen LogP contribution in [-0.4, -0.2) is 24.8 Å². The van der Waals surface area contributed by atoms with E-state index in [1.54, 1.807) is 30.5 Å². The van der Waals surface area contributed by atoms with Crippen LogP contribution in [0.1, 0.15) is 10.4 Å². The molecule has 0 aromatic heterocycles. The van der Waals surface area contributed by atoms with Gasteiger partial charge in [0.25, 0.3) is 0 Å². The van der Waals surface area contributed by atoms with Crippen molar-refractivity contribution in [2.45, 2.75) is 0 Å². The second-order valence-corrected chi connectivity index (χ2v) is 3.59. The number of ketones is 1. The number of benzene rings is 1. The highest BCUT2D eigenvalue weighted by molar-refractivity contribution is 6.30. The van der Waals surface area contributed by atoms with Crippen molar-refractivity contribution < 1.29 is 4.79 Å². The zero-order chi connectivity index (χ0) is 10.6. The number of carbonyl (C=O) groups is 1. The van der Waals surface area contributed by atoms with Crippen LogP contribution in [-0.2, 0) is 0 Å². The molecule has 0 saturated heterocycles. The molecule has 0 aliphatic heterocycles. The molecule has 0 radical (unpaired) electrons. The molecule has 0 bridgehead atoms. The Labute approximate surface area is 101 Å². The number of hydrogen-bond acceptors (Lipinski definition) is 2. The summed E-state index contributed by atoms with van der Waals surface area (Å²) in [4.78, 5) is 13.3. The lowest BCUT2D eigenvalue weighted by Gasteiger charge is -2.02. The van der Waals surface area contributed by atoms with Gasteiger partial charge in [-0.3, -0.25) is 4.79 Å². The van der Waals surface area contributed by atoms with Crippen LogP contribution in [0.25, 0.3) is 0 Å². The van der Waals surface area contributed by atoms with Crippen LogP contribution in [0.3, 0.4) is 0 Å². The molecule has 0 saturated carbocycles. The molecule has 0 unspecified atom stereocenters. The first-order chi connectivity index (χ1) is 6.59. The molecule has 0 atom stereocenters. The molecule has 0 aliphatic carbocycles. The minimum absolute atomic E-state index is 0. The zero-order valence-corrected chi connectivity index (χ0v) is 10.2. The Hall–Kier alpha value is -0.990. The zero-order valence-electron chi connectivity index (χ0n) is 8.61. The van der Waals surface area contributed by atoms with E-state index in [9.17, 15) is 4.79 Å². The molecule has 4 heteroatoms. The number of allylic oxidation sites excluding steroid dienone is 1. The Morgan fingerprint density at radius 3 is 2.27 bits per heavy atom. The number of rotatable bonds is 3. The number of halogens is 2. The molecule has 1 aromatic rings. The maximum Gasteiger partial charge on any atom is 0.187 e. The predicted octanol–water partition coefficient (Wildman–Crippen LogP) is 3.02. The van der Waals surface area contributed by atoms with E-state index < -0.39 is 0 Å². The molecule has 0 heterocycles. The second kappa shape index (κ2) is 6.49. The standard InChI is InChI=1S/C11H12ClNO.ClH/c1-13(2)8-7-11(14)9-3-5-10(12)6-4-9;/h3-8H,1-2H3;1H. The molecular weight excluding hydrogens is 233 g/mol. The smallest absolute Gasteiger partial charge is 0.187 e. The molecule has 0 amide bonds. The summed E-state index contributed by atoms with van der Waals surface area (Å²) in [7, 11) is 3.73. The van der Waals surface area contributed by atoms with E-state index in [2.05, 4.69) is 0 Å². The summed E-state index contributed by atoms with van der Waals surface area (Å²) in [5.74, 6) is -0.0182. The monoisotopic (exact) mass is 245 g/mol. The van der Waals surface area contributed by atoms with Crippen molar-refractivity contribution in [3.63, 3.8) is 0 Å². The maximum absolute atomic E-state index is 11.5. The molecule has 1 aromatic carbocycles. The first-order valence-electron chi connectivity index (χ1n) is 4.24. The van der Waals surface area contributed by atoms with Gasteiger partial charge in [0.2, 0.25) is 0 Å². The topological polar surface area (TPSA) is 20.3 Å². The quantitative estimate of drug-likeness (QED) is 0.603. The highest BCUT2D eigenvalue weighted by Gasteiger charge is 2.00. The fourth-order valence-electron chi connectivity index (χ4n) is 0.927. The molecule has 0 fully saturated rings. The molecule has 2 nitrogen and oxygen atoms in total. The Balaban J connectivity index is 0.00000196. The maximum atomic E-state index is 11.5. The van der Waals surface area contributed by atoms with E-state index in [1.807, 2.05) is 19.0 Å². The highest BCUT2D eigenvalue weighted by Crippen LogP contribution is 2.10. The van der Waals surface area contributed by atoms with Gasteiger partial charge < -0.3 is 4.90 Å². The molecular formula is C11H13Cl2NO. The van der Waals surface area contributed by atoms with Crippen LogP contribution in [0, 0.1) is 0 Å². The van der Waals surface area contributed by atoms with Gasteiger partial charge in [0.1, 0.15) is 0 Å². The summed E-state index contributed by atoms with van der Waals surface area (Å²) in [6, 6.07) is 6.84. The molecule has 15 heavy (non-hydrogen) atoms. The normalized spacial score (nSPS) is 9.80. The van der Waals surface area contributed by atoms with Gasteiger partial charge in [-0.15, -0.1) is 12.4 Å². The van der Waals surface area contributed by atoms with Crippen molar-refractivity contribution in [1.29, 1.82) is 0 Å². The van der Waals surface area contributed by atoms with Crippen molar-refractivity contribution in [3.05, 3.63) is 47.1 Å². The van der Waals surface area contributed by atoms with Gasteiger partial charge in [-0.25, -0.2) is 0 Å². The fraction of sp³-hybridized carbons (Fsp3) is 0.182. The largest absolute Gasteiger partial charge is 0.383 e. The van der Waals surface area contributed by atoms with Crippen LogP contribution in [0.15, 0.2) is 36.5 Å². The van der Waals surface area contributed by atoms with E-state index in [0.717, 1.165) is 0 Å². The first-order valence-corrected chi connectivity index (χ1v) is 4.62. The molecule has 1 rings (SSSR count). The van der Waals surface area contributed by atoms with Gasteiger partial charge in [-0.05, 0) is 24.3 Å². The summed E-state index contributed by atoms with van der Waals surface area (Å²) in [6.45, 7) is 0. The third kappa shape index (κ3) is 4.86. The van der Waals surface area contributed by atoms with Crippen LogP contribution < -0.4 is 0 Å². The Morgan fingerprint density at radius 1 is 1.27 bits per heavy atom. The van der Waals surface area contributed by atoms with E-state index in [-0.39, 0.29) is 18.2 Å². The van der Waals surface area contributed by atoms with Crippen LogP contribution in [0.2, 0.25) is 5.02 Å². The Morgan fingerprint density at radius 2 is 1.80 bits per heavy atom. The number of carbonyl (C=O) groups excluding carboxylic acids is 1. The molecule has 0 N–H and O–H groups in total. The Kier molecular flexibility index (Phi) is 6.06. The minimum Gasteiger partial charge on any atom is -0.383 e. The second-order valence-electron chi connectivity index (χ2n) is 3.15. The van der Waals surface area contributed by atoms with Gasteiger partial charge in [0, 0.05) is 37.0 Å². The van der Waals surface area contributed by atoms with Gasteiger partial charge in [-0.2, -0.15) is 0 Å². The van der Waals surface area contributed by atoms with Crippen LogP contribution in [0.5, 0.6) is 0 Å². The summed E-state index contributed by atoms with van der Waals surface area (Å²) in [5, 5.41) is 0.637. The lowest BCUT2D eigenvalue weighted by molar-refractivity contribution is 0.104. The minimum atomic E-state index is -0.0182. The number of nitrogens with zero attached hydrogens (tertiary/aromatic N) is 1. The van der Waals surface area contributed by atoms with Crippen LogP contribution in [0.4, 0.5) is 0 Å². The predicted molar refractivity (Wildman–Crippen MR) is 65.9 cm³/mol. The van der Waals surface area contributed by atoms with Gasteiger partial charge in [-0.1, -0.05) is 11.6 Å². The van der Waals surface area contributed by atoms with E-state index in [1.165, 1.54) is 6.08 Å². The van der Waals surface area contributed by atoms with Crippen molar-refractivity contribution >= 4 is 29.8 Å². The summed E-state index contributed by atoms with van der Waals surface area (Å²) in [5.41, 5.74) is 0.646. The van der Waals surface area contributed by atoms with Crippen molar-refractivity contribution in [2.75, 3.05) is 14.1 Å². The summed E-state index contributed by atoms with van der Waals surface area (Å²) >= 11 is 5.71. The average Bonchev–Trinajstić information content (AvgIpc) is 2.15. The van der Waals surface area contributed by atoms with Gasteiger partial charge in [0.15, 0.2) is 5.78 Å². The fourth-order valence-corrected chi connectivity index (χ4v) is 1.05. The SMILES string of the molecule is CN(C)C=CC(=O)c1ccc(Cl)cc1.Cl. The van der Waals surface area contributed by atoms with Gasteiger partial charge in [0.05, 0.1) is 0 Å². The molecule has 82 valence electrons. The van der Waals surface area contributed by atoms with Crippen molar-refractivity contribution in [1.82, 2.24) is 4.90 Å². The highest BCUT2D eigenvalue weighted by atomic mass is 35.5. The van der Waals surface area contributed by atoms with Crippen molar-refractivity contribution in [2.24, 2.45) is 0 Å². The third-order valence-electron chi connectivity index (χ3n) is 1.65. The summed E-state index contributed by atoms with van der Waals surface area (Å²) < 4.78 is 0. The van der Waals surface area contributed by atoms with Gasteiger partial charge >= 0.3 is 0 Å². The molecule has 0 spiro atoms. The van der Waals surface area contributed by atoms with Crippen LogP contribution >= 0.6 is 24.0 Å². The molecule has 0 aliphatic rings. The lowest BCUT2D eigenvalue weighted by Crippen LogP contribution is -2.02. The van der Waals surface area contributed by atoms with E-state index in [0.29, 0.717) is 10.6 Å².